The van der Waals surface area contributed by atoms with E-state index >= 15 is 0 Å². The first-order chi connectivity index (χ1) is 11.6. The zero-order chi connectivity index (χ0) is 16.7. The Labute approximate surface area is 148 Å². The molecular weight excluding hydrogens is 318 g/mol. The van der Waals surface area contributed by atoms with Crippen LogP contribution in [0.1, 0.15) is 36.2 Å². The normalized spacial score (nSPS) is 22.8. The van der Waals surface area contributed by atoms with Gasteiger partial charge in [-0.05, 0) is 37.7 Å². The van der Waals surface area contributed by atoms with E-state index in [2.05, 4.69) is 58.8 Å². The van der Waals surface area contributed by atoms with Gasteiger partial charge in [-0.25, -0.2) is 4.68 Å². The molecule has 6 heteroatoms. The standard InChI is InChI=1S/C18H25N5S/c1-20-10-11-22(16(12-20)14-6-4-3-5-7-14)13-23-18(24)21(2)17(19-23)15-8-9-15/h3-7,15-16H,8-13H2,1-2H3/t16-/m0/s1. The van der Waals surface area contributed by atoms with Crippen molar-refractivity contribution in [3.05, 3.63) is 46.5 Å². The number of nitrogens with zero attached hydrogens (tertiary/aromatic N) is 5. The number of benzene rings is 1. The summed E-state index contributed by atoms with van der Waals surface area (Å²) in [4.78, 5) is 4.91. The summed E-state index contributed by atoms with van der Waals surface area (Å²) in [6.07, 6.45) is 2.50. The van der Waals surface area contributed by atoms with Crippen molar-refractivity contribution in [2.45, 2.75) is 31.5 Å². The van der Waals surface area contributed by atoms with Crippen LogP contribution in [-0.4, -0.2) is 50.8 Å². The molecule has 1 saturated carbocycles. The van der Waals surface area contributed by atoms with Gasteiger partial charge in [-0.1, -0.05) is 30.3 Å². The van der Waals surface area contributed by atoms with Crippen molar-refractivity contribution in [3.63, 3.8) is 0 Å². The Morgan fingerprint density at radius 3 is 2.58 bits per heavy atom. The van der Waals surface area contributed by atoms with Gasteiger partial charge >= 0.3 is 0 Å². The molecule has 24 heavy (non-hydrogen) atoms. The summed E-state index contributed by atoms with van der Waals surface area (Å²) in [7, 11) is 4.25. The molecule has 5 nitrogen and oxygen atoms in total. The van der Waals surface area contributed by atoms with Crippen LogP contribution in [0.2, 0.25) is 0 Å². The zero-order valence-corrected chi connectivity index (χ0v) is 15.2. The predicted octanol–water partition coefficient (Wildman–Crippen LogP) is 2.77. The Kier molecular flexibility index (Phi) is 4.28. The monoisotopic (exact) mass is 343 g/mol. The van der Waals surface area contributed by atoms with E-state index in [0.717, 1.165) is 36.9 Å². The highest BCUT2D eigenvalue weighted by atomic mass is 32.1. The molecule has 2 fully saturated rings. The van der Waals surface area contributed by atoms with E-state index in [0.29, 0.717) is 12.0 Å². The summed E-state index contributed by atoms with van der Waals surface area (Å²) >= 11 is 5.63. The molecule has 1 aromatic carbocycles. The van der Waals surface area contributed by atoms with E-state index in [-0.39, 0.29) is 0 Å². The molecule has 0 N–H and O–H groups in total. The third-order valence-electron chi connectivity index (χ3n) is 5.21. The Hall–Kier alpha value is -1.50. The molecule has 1 aromatic heterocycles. The lowest BCUT2D eigenvalue weighted by atomic mass is 10.0. The van der Waals surface area contributed by atoms with Crippen molar-refractivity contribution in [3.8, 4) is 0 Å². The van der Waals surface area contributed by atoms with Crippen LogP contribution >= 0.6 is 12.2 Å². The van der Waals surface area contributed by atoms with Crippen molar-refractivity contribution in [1.29, 1.82) is 0 Å². The summed E-state index contributed by atoms with van der Waals surface area (Å²) < 4.78 is 4.95. The molecule has 0 unspecified atom stereocenters. The Bertz CT molecular complexity index is 761. The molecule has 2 aromatic rings. The van der Waals surface area contributed by atoms with Gasteiger partial charge in [-0.15, -0.1) is 0 Å². The van der Waals surface area contributed by atoms with Gasteiger partial charge in [0.15, 0.2) is 4.77 Å². The van der Waals surface area contributed by atoms with Crippen LogP contribution in [0.5, 0.6) is 0 Å². The molecule has 0 bridgehead atoms. The molecule has 1 saturated heterocycles. The number of aromatic nitrogens is 3. The number of piperazine rings is 1. The van der Waals surface area contributed by atoms with Gasteiger partial charge in [-0.3, -0.25) is 4.90 Å². The van der Waals surface area contributed by atoms with E-state index in [1.165, 1.54) is 18.4 Å². The third-order valence-corrected chi connectivity index (χ3v) is 5.70. The van der Waals surface area contributed by atoms with Gasteiger partial charge in [0.2, 0.25) is 0 Å². The van der Waals surface area contributed by atoms with Crippen molar-refractivity contribution in [2.75, 3.05) is 26.7 Å². The molecule has 0 radical (unpaired) electrons. The number of likely N-dealkylation sites (N-methyl/N-ethyl adjacent to an activating group) is 1. The maximum atomic E-state index is 5.63. The van der Waals surface area contributed by atoms with E-state index in [1.807, 2.05) is 4.68 Å². The van der Waals surface area contributed by atoms with Crippen LogP contribution in [-0.2, 0) is 13.7 Å². The number of hydrogen-bond donors (Lipinski definition) is 0. The minimum Gasteiger partial charge on any atom is -0.307 e. The predicted molar refractivity (Wildman–Crippen MR) is 97.4 cm³/mol. The lowest BCUT2D eigenvalue weighted by Crippen LogP contribution is -2.47. The van der Waals surface area contributed by atoms with Gasteiger partial charge in [0.05, 0.1) is 6.67 Å². The van der Waals surface area contributed by atoms with Crippen LogP contribution in [0.15, 0.2) is 30.3 Å². The zero-order valence-electron chi connectivity index (χ0n) is 14.4. The van der Waals surface area contributed by atoms with Crippen LogP contribution in [0, 0.1) is 4.77 Å². The summed E-state index contributed by atoms with van der Waals surface area (Å²) in [5.41, 5.74) is 1.37. The SMILES string of the molecule is CN1CCN(Cn2nc(C3CC3)n(C)c2=S)[C@H](c2ccccc2)C1. The molecule has 0 spiro atoms. The van der Waals surface area contributed by atoms with Crippen molar-refractivity contribution < 1.29 is 0 Å². The van der Waals surface area contributed by atoms with Crippen LogP contribution < -0.4 is 0 Å². The first-order valence-electron chi connectivity index (χ1n) is 8.75. The fourth-order valence-electron chi connectivity index (χ4n) is 3.58. The average Bonchev–Trinajstić information content (AvgIpc) is 3.40. The minimum atomic E-state index is 0.387. The van der Waals surface area contributed by atoms with Gasteiger partial charge in [0.25, 0.3) is 0 Å². The summed E-state index contributed by atoms with van der Waals surface area (Å²) in [5.74, 6) is 1.78. The quantitative estimate of drug-likeness (QED) is 0.799. The van der Waals surface area contributed by atoms with E-state index in [1.54, 1.807) is 0 Å². The second kappa shape index (κ2) is 6.43. The molecule has 1 aliphatic carbocycles. The van der Waals surface area contributed by atoms with Crippen LogP contribution in [0.3, 0.4) is 0 Å². The Morgan fingerprint density at radius 2 is 1.88 bits per heavy atom. The first-order valence-corrected chi connectivity index (χ1v) is 9.15. The largest absolute Gasteiger partial charge is 0.307 e. The fourth-order valence-corrected chi connectivity index (χ4v) is 3.78. The highest BCUT2D eigenvalue weighted by Gasteiger charge is 2.31. The van der Waals surface area contributed by atoms with Crippen molar-refractivity contribution >= 4 is 12.2 Å². The highest BCUT2D eigenvalue weighted by molar-refractivity contribution is 7.71. The highest BCUT2D eigenvalue weighted by Crippen LogP contribution is 2.39. The molecule has 2 heterocycles. The molecular formula is C18H25N5S. The second-order valence-electron chi connectivity index (χ2n) is 7.12. The summed E-state index contributed by atoms with van der Waals surface area (Å²) in [5, 5.41) is 4.83. The lowest BCUT2D eigenvalue weighted by molar-refractivity contribution is 0.0581. The molecule has 2 aliphatic rings. The van der Waals surface area contributed by atoms with Crippen molar-refractivity contribution in [2.24, 2.45) is 7.05 Å². The van der Waals surface area contributed by atoms with Gasteiger partial charge < -0.3 is 9.47 Å². The third kappa shape index (κ3) is 3.06. The smallest absolute Gasteiger partial charge is 0.198 e. The van der Waals surface area contributed by atoms with Gasteiger partial charge in [-0.2, -0.15) is 5.10 Å². The van der Waals surface area contributed by atoms with E-state index < -0.39 is 0 Å². The Balaban J connectivity index is 1.60. The van der Waals surface area contributed by atoms with Crippen LogP contribution in [0.25, 0.3) is 0 Å². The Morgan fingerprint density at radius 1 is 1.12 bits per heavy atom. The lowest BCUT2D eigenvalue weighted by Gasteiger charge is -2.40. The van der Waals surface area contributed by atoms with E-state index in [4.69, 9.17) is 17.3 Å². The number of hydrogen-bond acceptors (Lipinski definition) is 4. The molecule has 0 amide bonds. The van der Waals surface area contributed by atoms with Crippen LogP contribution in [0.4, 0.5) is 0 Å². The molecule has 1 atom stereocenters. The molecule has 1 aliphatic heterocycles. The second-order valence-corrected chi connectivity index (χ2v) is 7.48. The summed E-state index contributed by atoms with van der Waals surface area (Å²) in [6.45, 7) is 3.93. The minimum absolute atomic E-state index is 0.387. The maximum Gasteiger partial charge on any atom is 0.198 e. The molecule has 128 valence electrons. The summed E-state index contributed by atoms with van der Waals surface area (Å²) in [6, 6.07) is 11.2. The number of rotatable bonds is 4. The fraction of sp³-hybridized carbons (Fsp3) is 0.556. The van der Waals surface area contributed by atoms with Gasteiger partial charge in [0, 0.05) is 38.6 Å². The van der Waals surface area contributed by atoms with Crippen molar-refractivity contribution in [1.82, 2.24) is 24.1 Å². The topological polar surface area (TPSA) is 29.2 Å². The first kappa shape index (κ1) is 16.0. The van der Waals surface area contributed by atoms with E-state index in [9.17, 15) is 0 Å². The average molecular weight is 344 g/mol. The maximum absolute atomic E-state index is 5.63. The van der Waals surface area contributed by atoms with Gasteiger partial charge in [0.1, 0.15) is 5.82 Å². The molecule has 4 rings (SSSR count).